The molecule has 0 spiro atoms. The van der Waals surface area contributed by atoms with Crippen molar-refractivity contribution in [2.24, 2.45) is 4.99 Å². The number of nitrogens with zero attached hydrogens (tertiary/aromatic N) is 3. The molecule has 0 aliphatic carbocycles. The molecule has 0 radical (unpaired) electrons. The standard InChI is InChI=1S/C22H29N5O3.HI/c1-3-5-20(28)25-18-9-7-17(8-10-18)16-24-22(23-2)27-13-11-26(12-14-27)21(29)19-6-4-15-30-19;/h4,6-10,15H,3,5,11-14,16H2,1-2H3,(H,23,24)(H,25,28);1H. The molecule has 9 heteroatoms. The number of furan rings is 1. The molecule has 1 aliphatic heterocycles. The van der Waals surface area contributed by atoms with Crippen molar-refractivity contribution in [2.75, 3.05) is 38.5 Å². The third-order valence-electron chi connectivity index (χ3n) is 4.98. The van der Waals surface area contributed by atoms with E-state index >= 15 is 0 Å². The molecule has 1 saturated heterocycles. The summed E-state index contributed by atoms with van der Waals surface area (Å²) in [6, 6.07) is 11.2. The van der Waals surface area contributed by atoms with Crippen molar-refractivity contribution in [1.29, 1.82) is 0 Å². The highest BCUT2D eigenvalue weighted by molar-refractivity contribution is 14.0. The Morgan fingerprint density at radius 3 is 2.32 bits per heavy atom. The second kappa shape index (κ2) is 12.3. The maximum absolute atomic E-state index is 12.4. The minimum absolute atomic E-state index is 0. The zero-order valence-electron chi connectivity index (χ0n) is 18.0. The minimum atomic E-state index is -0.0753. The van der Waals surface area contributed by atoms with Crippen molar-refractivity contribution in [3.05, 3.63) is 54.0 Å². The third-order valence-corrected chi connectivity index (χ3v) is 4.98. The Hall–Kier alpha value is -2.56. The number of hydrogen-bond acceptors (Lipinski definition) is 4. The van der Waals surface area contributed by atoms with Crippen LogP contribution in [0.3, 0.4) is 0 Å². The highest BCUT2D eigenvalue weighted by Gasteiger charge is 2.25. The second-order valence-electron chi connectivity index (χ2n) is 7.15. The number of carbonyl (C=O) groups is 2. The maximum Gasteiger partial charge on any atom is 0.289 e. The van der Waals surface area contributed by atoms with Crippen LogP contribution in [0.4, 0.5) is 5.69 Å². The van der Waals surface area contributed by atoms with Gasteiger partial charge in [-0.2, -0.15) is 0 Å². The van der Waals surface area contributed by atoms with Gasteiger partial charge in [0, 0.05) is 51.9 Å². The van der Waals surface area contributed by atoms with Crippen molar-refractivity contribution in [2.45, 2.75) is 26.3 Å². The molecule has 1 aromatic heterocycles. The van der Waals surface area contributed by atoms with Gasteiger partial charge in [-0.1, -0.05) is 19.1 Å². The number of amides is 2. The number of piperazine rings is 1. The van der Waals surface area contributed by atoms with E-state index in [0.717, 1.165) is 23.6 Å². The van der Waals surface area contributed by atoms with Gasteiger partial charge >= 0.3 is 0 Å². The second-order valence-corrected chi connectivity index (χ2v) is 7.15. The summed E-state index contributed by atoms with van der Waals surface area (Å²) < 4.78 is 5.21. The number of aliphatic imine (C=N–C) groups is 1. The van der Waals surface area contributed by atoms with Gasteiger partial charge in [-0.15, -0.1) is 24.0 Å². The highest BCUT2D eigenvalue weighted by atomic mass is 127. The zero-order valence-corrected chi connectivity index (χ0v) is 20.3. The SMILES string of the molecule is CCCC(=O)Nc1ccc(CNC(=NC)N2CCN(C(=O)c3ccco3)CC2)cc1.I. The normalized spacial score (nSPS) is 14.1. The summed E-state index contributed by atoms with van der Waals surface area (Å²) in [4.78, 5) is 32.4. The molecule has 31 heavy (non-hydrogen) atoms. The van der Waals surface area contributed by atoms with Gasteiger partial charge in [0.05, 0.1) is 6.26 Å². The first-order chi connectivity index (χ1) is 14.6. The first-order valence-electron chi connectivity index (χ1n) is 10.3. The number of nitrogens with one attached hydrogen (secondary N) is 2. The molecule has 2 amide bonds. The Bertz CT molecular complexity index is 860. The van der Waals surface area contributed by atoms with Crippen molar-refractivity contribution >= 4 is 47.4 Å². The van der Waals surface area contributed by atoms with Gasteiger partial charge < -0.3 is 24.9 Å². The van der Waals surface area contributed by atoms with E-state index in [1.54, 1.807) is 24.1 Å². The Labute approximate surface area is 200 Å². The molecule has 0 saturated carbocycles. The monoisotopic (exact) mass is 539 g/mol. The molecule has 0 unspecified atom stereocenters. The lowest BCUT2D eigenvalue weighted by Crippen LogP contribution is -2.53. The first kappa shape index (κ1) is 24.7. The molecule has 0 atom stereocenters. The lowest BCUT2D eigenvalue weighted by atomic mass is 10.2. The van der Waals surface area contributed by atoms with Crippen LogP contribution in [0.25, 0.3) is 0 Å². The van der Waals surface area contributed by atoms with Crippen LogP contribution in [-0.2, 0) is 11.3 Å². The van der Waals surface area contributed by atoms with Gasteiger partial charge in [0.15, 0.2) is 11.7 Å². The molecule has 1 fully saturated rings. The highest BCUT2D eigenvalue weighted by Crippen LogP contribution is 2.12. The molecular formula is C22H30IN5O3. The summed E-state index contributed by atoms with van der Waals surface area (Å²) in [5.74, 6) is 1.14. The van der Waals surface area contributed by atoms with Crippen LogP contribution in [0.1, 0.15) is 35.9 Å². The number of rotatable bonds is 6. The van der Waals surface area contributed by atoms with Crippen LogP contribution in [0.5, 0.6) is 0 Å². The molecule has 1 aliphatic rings. The summed E-state index contributed by atoms with van der Waals surface area (Å²) in [5, 5.41) is 6.27. The number of hydrogen-bond donors (Lipinski definition) is 2. The van der Waals surface area contributed by atoms with E-state index in [9.17, 15) is 9.59 Å². The number of benzene rings is 1. The molecule has 2 heterocycles. The fourth-order valence-corrected chi connectivity index (χ4v) is 3.35. The van der Waals surface area contributed by atoms with Crippen molar-refractivity contribution in [3.8, 4) is 0 Å². The molecule has 2 aromatic rings. The summed E-state index contributed by atoms with van der Waals surface area (Å²) in [5.41, 5.74) is 1.90. The molecule has 0 bridgehead atoms. The van der Waals surface area contributed by atoms with Gasteiger partial charge in [-0.05, 0) is 36.2 Å². The van der Waals surface area contributed by atoms with E-state index in [1.807, 2.05) is 31.2 Å². The first-order valence-corrected chi connectivity index (χ1v) is 10.3. The minimum Gasteiger partial charge on any atom is -0.459 e. The van der Waals surface area contributed by atoms with E-state index in [1.165, 1.54) is 6.26 Å². The molecule has 3 rings (SSSR count). The molecule has 2 N–H and O–H groups in total. The van der Waals surface area contributed by atoms with Crippen molar-refractivity contribution < 1.29 is 14.0 Å². The number of carbonyl (C=O) groups excluding carboxylic acids is 2. The third kappa shape index (κ3) is 6.98. The quantitative estimate of drug-likeness (QED) is 0.335. The van der Waals surface area contributed by atoms with Crippen LogP contribution in [0.15, 0.2) is 52.1 Å². The Kier molecular flexibility index (Phi) is 9.83. The molecular weight excluding hydrogens is 509 g/mol. The van der Waals surface area contributed by atoms with Gasteiger partial charge in [0.1, 0.15) is 0 Å². The topological polar surface area (TPSA) is 90.2 Å². The predicted octanol–water partition coefficient (Wildman–Crippen LogP) is 3.17. The van der Waals surface area contributed by atoms with E-state index in [4.69, 9.17) is 4.42 Å². The number of halogens is 1. The lowest BCUT2D eigenvalue weighted by molar-refractivity contribution is -0.116. The Morgan fingerprint density at radius 2 is 1.74 bits per heavy atom. The van der Waals surface area contributed by atoms with Crippen molar-refractivity contribution in [1.82, 2.24) is 15.1 Å². The summed E-state index contributed by atoms with van der Waals surface area (Å²) >= 11 is 0. The van der Waals surface area contributed by atoms with Crippen molar-refractivity contribution in [3.63, 3.8) is 0 Å². The van der Waals surface area contributed by atoms with E-state index in [-0.39, 0.29) is 35.8 Å². The number of guanidine groups is 1. The Balaban J connectivity index is 0.00000341. The maximum atomic E-state index is 12.4. The summed E-state index contributed by atoms with van der Waals surface area (Å²) in [7, 11) is 1.76. The Morgan fingerprint density at radius 1 is 1.06 bits per heavy atom. The largest absolute Gasteiger partial charge is 0.459 e. The number of anilines is 1. The van der Waals surface area contributed by atoms with Gasteiger partial charge in [0.25, 0.3) is 5.91 Å². The van der Waals surface area contributed by atoms with Gasteiger partial charge in [0.2, 0.25) is 5.91 Å². The van der Waals surface area contributed by atoms with Gasteiger partial charge in [-0.3, -0.25) is 14.6 Å². The molecule has 1 aromatic carbocycles. The van der Waals surface area contributed by atoms with Crippen LogP contribution in [0.2, 0.25) is 0 Å². The van der Waals surface area contributed by atoms with Crippen LogP contribution in [0, 0.1) is 0 Å². The molecule has 8 nitrogen and oxygen atoms in total. The van der Waals surface area contributed by atoms with Crippen LogP contribution in [-0.4, -0.2) is 60.8 Å². The van der Waals surface area contributed by atoms with E-state index in [2.05, 4.69) is 20.5 Å². The van der Waals surface area contributed by atoms with Gasteiger partial charge in [-0.25, -0.2) is 0 Å². The van der Waals surface area contributed by atoms with Crippen LogP contribution < -0.4 is 10.6 Å². The average Bonchev–Trinajstić information content (AvgIpc) is 3.30. The zero-order chi connectivity index (χ0) is 21.3. The summed E-state index contributed by atoms with van der Waals surface area (Å²) in [6.07, 6.45) is 2.87. The predicted molar refractivity (Wildman–Crippen MR) is 132 cm³/mol. The van der Waals surface area contributed by atoms with Crippen LogP contribution >= 0.6 is 24.0 Å². The summed E-state index contributed by atoms with van der Waals surface area (Å²) in [6.45, 7) is 5.25. The molecule has 168 valence electrons. The fraction of sp³-hybridized carbons (Fsp3) is 0.409. The fourth-order valence-electron chi connectivity index (χ4n) is 3.35. The average molecular weight is 539 g/mol. The smallest absolute Gasteiger partial charge is 0.289 e. The lowest BCUT2D eigenvalue weighted by Gasteiger charge is -2.36. The van der Waals surface area contributed by atoms with E-state index in [0.29, 0.717) is 44.9 Å². The van der Waals surface area contributed by atoms with E-state index < -0.39 is 0 Å².